The van der Waals surface area contributed by atoms with Crippen LogP contribution in [0.2, 0.25) is 0 Å². The first-order valence-electron chi connectivity index (χ1n) is 28.4. The quantitative estimate of drug-likeness (QED) is 0.0703. The van der Waals surface area contributed by atoms with Crippen LogP contribution in [0.15, 0.2) is 133 Å². The number of hydrogen-bond donors (Lipinski definition) is 2. The van der Waals surface area contributed by atoms with E-state index in [-0.39, 0.29) is 63.8 Å². The van der Waals surface area contributed by atoms with Gasteiger partial charge in [-0.05, 0) is 91.9 Å². The summed E-state index contributed by atoms with van der Waals surface area (Å²) in [7, 11) is 8.55. The standard InChI is InChI=1S/C33H37N3O6.C22H27N3O.C11H12O6/c1-22-10-8-9-13-26(22)34-16-18-35(19-17-34)32(38)29-25(23-11-6-5-7-12-23)14-15-36(29)33(39)30(37)24-20-27(40-2)31(42-4)28(21-24)41-3;1-17-7-5-6-10-20(17)24-13-15-25(16-14-24)22(26)21-19(11-12-23-21)18-8-3-2-4-9-18;1-15-7-4-6(9(12)11(13)14)5-8(16-2)10(7)17-3/h5-13,20-21,25,29H,14-19H2,1-4H3;2-10,19,21,23H,11-16H2,1H3;4-5H,1-3H3,(H,13,14)/t25-,29+;19-,21+;/m11./s1. The summed E-state index contributed by atoms with van der Waals surface area (Å²) in [5, 5.41) is 12.1. The summed E-state index contributed by atoms with van der Waals surface area (Å²) in [6.07, 6.45) is 1.61. The molecule has 0 aliphatic carbocycles. The third-order valence-electron chi connectivity index (χ3n) is 16.2. The Morgan fingerprint density at radius 3 is 1.27 bits per heavy atom. The van der Waals surface area contributed by atoms with Gasteiger partial charge in [-0.1, -0.05) is 97.1 Å². The van der Waals surface area contributed by atoms with E-state index in [0.717, 1.165) is 44.7 Å². The fraction of sp³-hybridized carbons (Fsp3) is 0.364. The van der Waals surface area contributed by atoms with Crippen molar-refractivity contribution in [1.29, 1.82) is 0 Å². The maximum Gasteiger partial charge on any atom is 0.377 e. The lowest BCUT2D eigenvalue weighted by Gasteiger charge is -2.39. The first-order valence-corrected chi connectivity index (χ1v) is 28.4. The van der Waals surface area contributed by atoms with Crippen LogP contribution >= 0.6 is 0 Å². The molecule has 0 unspecified atom stereocenters. The number of ether oxygens (including phenoxy) is 6. The highest BCUT2D eigenvalue weighted by Gasteiger charge is 2.46. The van der Waals surface area contributed by atoms with Crippen LogP contribution in [0.1, 0.15) is 67.6 Å². The molecule has 0 spiro atoms. The van der Waals surface area contributed by atoms with E-state index >= 15 is 0 Å². The average molecular weight is 1160 g/mol. The molecule has 19 heteroatoms. The smallest absolute Gasteiger partial charge is 0.377 e. The van der Waals surface area contributed by atoms with Gasteiger partial charge in [0, 0.05) is 93.2 Å². The van der Waals surface area contributed by atoms with Gasteiger partial charge < -0.3 is 63.3 Å². The number of methoxy groups -OCH3 is 6. The first-order chi connectivity index (χ1) is 41.2. The number of amides is 3. The molecule has 6 aromatic rings. The molecule has 0 radical (unpaired) electrons. The molecular formula is C66H76N6O13. The van der Waals surface area contributed by atoms with Crippen molar-refractivity contribution in [3.05, 3.63) is 167 Å². The molecule has 4 aliphatic heterocycles. The number of carboxylic acids is 1. The molecule has 4 heterocycles. The summed E-state index contributed by atoms with van der Waals surface area (Å²) in [5.74, 6) is -2.18. The molecule has 4 saturated heterocycles. The molecule has 6 aromatic carbocycles. The maximum absolute atomic E-state index is 14.2. The number of likely N-dealkylation sites (tertiary alicyclic amines) is 1. The summed E-state index contributed by atoms with van der Waals surface area (Å²) in [5.41, 5.74) is 7.27. The van der Waals surface area contributed by atoms with Crippen LogP contribution in [0.4, 0.5) is 11.4 Å². The van der Waals surface area contributed by atoms with E-state index in [1.165, 1.54) is 99.9 Å². The van der Waals surface area contributed by atoms with Gasteiger partial charge >= 0.3 is 5.97 Å². The van der Waals surface area contributed by atoms with Crippen LogP contribution < -0.4 is 43.5 Å². The second-order valence-corrected chi connectivity index (χ2v) is 21.0. The predicted molar refractivity (Wildman–Crippen MR) is 323 cm³/mol. The van der Waals surface area contributed by atoms with Crippen LogP contribution in [0.5, 0.6) is 34.5 Å². The number of rotatable bonds is 16. The summed E-state index contributed by atoms with van der Waals surface area (Å²) < 4.78 is 31.2. The van der Waals surface area contributed by atoms with Crippen molar-refractivity contribution >= 4 is 46.6 Å². The van der Waals surface area contributed by atoms with E-state index in [2.05, 4.69) is 89.6 Å². The number of piperazine rings is 2. The lowest BCUT2D eigenvalue weighted by atomic mass is 9.90. The second kappa shape index (κ2) is 28.9. The SMILES string of the molecule is COc1cc(C(=O)C(=O)N2CC[C@H](c3ccccc3)[C@H]2C(=O)N2CCN(c3ccccc3C)CC2)cc(OC)c1OC.COc1cc(C(=O)C(=O)O)cc(OC)c1OC.Cc1ccccc1N1CCN(C(=O)[C@H]2NCC[C@@H]2c2ccccc2)CC1. The first kappa shape index (κ1) is 62.0. The van der Waals surface area contributed by atoms with Crippen molar-refractivity contribution in [3.63, 3.8) is 0 Å². The van der Waals surface area contributed by atoms with Crippen molar-refractivity contribution in [2.75, 3.05) is 118 Å². The van der Waals surface area contributed by atoms with Crippen LogP contribution in [0, 0.1) is 13.8 Å². The fourth-order valence-corrected chi connectivity index (χ4v) is 11.8. The zero-order valence-electron chi connectivity index (χ0n) is 49.6. The van der Waals surface area contributed by atoms with Gasteiger partial charge in [0.1, 0.15) is 6.04 Å². The minimum atomic E-state index is -1.54. The Labute approximate surface area is 496 Å². The monoisotopic (exact) mass is 1160 g/mol. The molecule has 0 bridgehead atoms. The molecule has 0 aromatic heterocycles. The lowest BCUT2D eigenvalue weighted by molar-refractivity contribution is -0.142. The van der Waals surface area contributed by atoms with Crippen molar-refractivity contribution in [2.24, 2.45) is 0 Å². The Balaban J connectivity index is 0.000000185. The van der Waals surface area contributed by atoms with Gasteiger partial charge in [-0.15, -0.1) is 0 Å². The highest BCUT2D eigenvalue weighted by molar-refractivity contribution is 6.43. The second-order valence-electron chi connectivity index (χ2n) is 21.0. The van der Waals surface area contributed by atoms with E-state index in [1.54, 1.807) is 0 Å². The van der Waals surface area contributed by atoms with Gasteiger partial charge in [0.15, 0.2) is 23.0 Å². The molecule has 4 aliphatic rings. The number of aryl methyl sites for hydroxylation is 2. The zero-order chi connectivity index (χ0) is 60.7. The molecule has 85 heavy (non-hydrogen) atoms. The zero-order valence-corrected chi connectivity index (χ0v) is 49.6. The third-order valence-corrected chi connectivity index (χ3v) is 16.2. The highest BCUT2D eigenvalue weighted by Crippen LogP contribution is 2.41. The summed E-state index contributed by atoms with van der Waals surface area (Å²) >= 11 is 0. The number of carbonyl (C=O) groups excluding carboxylic acids is 5. The normalized spacial score (nSPS) is 18.2. The summed E-state index contributed by atoms with van der Waals surface area (Å²) in [4.78, 5) is 86.7. The predicted octanol–water partition coefficient (Wildman–Crippen LogP) is 7.71. The Hall–Kier alpha value is -9.10. The number of nitrogens with zero attached hydrogens (tertiary/aromatic N) is 5. The average Bonchev–Trinajstić information content (AvgIpc) is 2.68. The third kappa shape index (κ3) is 14.1. The van der Waals surface area contributed by atoms with E-state index in [4.69, 9.17) is 33.5 Å². The largest absolute Gasteiger partial charge is 0.493 e. The van der Waals surface area contributed by atoms with Crippen LogP contribution in [-0.4, -0.2) is 175 Å². The Morgan fingerprint density at radius 2 is 0.859 bits per heavy atom. The number of Topliss-reactive ketones (excluding diaryl/α,β-unsaturated/α-hetero) is 2. The van der Waals surface area contributed by atoms with Gasteiger partial charge in [-0.25, -0.2) is 4.79 Å². The topological polar surface area (TPSA) is 206 Å². The van der Waals surface area contributed by atoms with Crippen molar-refractivity contribution < 1.29 is 62.3 Å². The van der Waals surface area contributed by atoms with E-state index in [0.29, 0.717) is 50.6 Å². The minimum Gasteiger partial charge on any atom is -0.493 e. The number of benzene rings is 6. The number of carboxylic acid groups (broad SMARTS) is 1. The minimum absolute atomic E-state index is 0.0352. The van der Waals surface area contributed by atoms with Gasteiger partial charge in [0.25, 0.3) is 17.5 Å². The number of ketones is 2. The number of nitrogens with one attached hydrogen (secondary N) is 1. The fourth-order valence-electron chi connectivity index (χ4n) is 11.8. The van der Waals surface area contributed by atoms with Crippen LogP contribution in [0.25, 0.3) is 0 Å². The Morgan fingerprint density at radius 1 is 0.459 bits per heavy atom. The molecular weight excluding hydrogens is 1080 g/mol. The molecule has 19 nitrogen and oxygen atoms in total. The Kier molecular flexibility index (Phi) is 21.1. The van der Waals surface area contributed by atoms with Crippen molar-refractivity contribution in [3.8, 4) is 34.5 Å². The number of para-hydroxylation sites is 2. The molecule has 3 amide bonds. The summed E-state index contributed by atoms with van der Waals surface area (Å²) in [6, 6.07) is 41.6. The maximum atomic E-state index is 14.2. The number of carbonyl (C=O) groups is 6. The van der Waals surface area contributed by atoms with Gasteiger partial charge in [0.2, 0.25) is 23.3 Å². The van der Waals surface area contributed by atoms with Gasteiger partial charge in [0.05, 0.1) is 48.7 Å². The molecule has 2 N–H and O–H groups in total. The molecule has 4 atom stereocenters. The van der Waals surface area contributed by atoms with Gasteiger partial charge in [-0.3, -0.25) is 24.0 Å². The molecule has 448 valence electrons. The van der Waals surface area contributed by atoms with E-state index < -0.39 is 29.5 Å². The van der Waals surface area contributed by atoms with Crippen LogP contribution in [-0.2, 0) is 19.2 Å². The number of aliphatic carboxylic acids is 1. The van der Waals surface area contributed by atoms with E-state index in [1.807, 2.05) is 58.3 Å². The molecule has 4 fully saturated rings. The molecule has 10 rings (SSSR count). The molecule has 0 saturated carbocycles. The van der Waals surface area contributed by atoms with Crippen molar-refractivity contribution in [2.45, 2.75) is 50.6 Å². The van der Waals surface area contributed by atoms with Crippen LogP contribution in [0.3, 0.4) is 0 Å². The Bertz CT molecular complexity index is 3260. The highest BCUT2D eigenvalue weighted by atomic mass is 16.5. The van der Waals surface area contributed by atoms with Crippen molar-refractivity contribution in [1.82, 2.24) is 20.0 Å². The lowest BCUT2D eigenvalue weighted by Crippen LogP contribution is -2.56. The summed E-state index contributed by atoms with van der Waals surface area (Å²) in [6.45, 7) is 11.3. The van der Waals surface area contributed by atoms with Gasteiger partial charge in [-0.2, -0.15) is 0 Å². The number of hydrogen-bond acceptors (Lipinski definition) is 15. The number of anilines is 2. The van der Waals surface area contributed by atoms with E-state index in [9.17, 15) is 28.8 Å².